The quantitative estimate of drug-likeness (QED) is 0.625. The Morgan fingerprint density at radius 2 is 1.62 bits per heavy atom. The van der Waals surface area contributed by atoms with Crippen molar-refractivity contribution < 1.29 is 9.47 Å². The molecule has 0 spiro atoms. The molecule has 112 valence electrons. The molecule has 0 aromatic heterocycles. The monoisotopic (exact) mass is 348 g/mol. The van der Waals surface area contributed by atoms with Gasteiger partial charge in [0.15, 0.2) is 0 Å². The molecule has 0 saturated heterocycles. The highest BCUT2D eigenvalue weighted by Crippen LogP contribution is 2.16. The maximum Gasteiger partial charge on any atom is 0.119 e. The van der Waals surface area contributed by atoms with Crippen molar-refractivity contribution in [1.29, 1.82) is 0 Å². The second kappa shape index (κ2) is 8.85. The molecule has 2 rings (SSSR count). The van der Waals surface area contributed by atoms with Crippen LogP contribution in [0.25, 0.3) is 0 Å². The van der Waals surface area contributed by atoms with Crippen LogP contribution in [0.2, 0.25) is 0 Å². The number of hydrogen-bond acceptors (Lipinski definition) is 2. The molecule has 0 atom stereocenters. The van der Waals surface area contributed by atoms with Gasteiger partial charge < -0.3 is 9.47 Å². The van der Waals surface area contributed by atoms with Crippen LogP contribution in [-0.4, -0.2) is 13.2 Å². The van der Waals surface area contributed by atoms with Gasteiger partial charge in [-0.1, -0.05) is 47.1 Å². The lowest BCUT2D eigenvalue weighted by molar-refractivity contribution is 0.107. The summed E-state index contributed by atoms with van der Waals surface area (Å²) >= 11 is 3.41. The third kappa shape index (κ3) is 5.52. The Bertz CT molecular complexity index is 537. The molecule has 2 nitrogen and oxygen atoms in total. The maximum absolute atomic E-state index is 5.73. The molecule has 0 N–H and O–H groups in total. The smallest absolute Gasteiger partial charge is 0.119 e. The molecule has 0 heterocycles. The van der Waals surface area contributed by atoms with Gasteiger partial charge in [-0.05, 0) is 41.8 Å². The first-order valence-electron chi connectivity index (χ1n) is 7.32. The Morgan fingerprint density at radius 1 is 0.905 bits per heavy atom. The van der Waals surface area contributed by atoms with Gasteiger partial charge in [-0.25, -0.2) is 0 Å². The molecule has 0 aliphatic rings. The van der Waals surface area contributed by atoms with E-state index in [1.165, 1.54) is 11.1 Å². The Balaban J connectivity index is 1.63. The summed E-state index contributed by atoms with van der Waals surface area (Å²) in [5, 5.41) is 0. The summed E-state index contributed by atoms with van der Waals surface area (Å²) in [5.41, 5.74) is 2.65. The van der Waals surface area contributed by atoms with Crippen molar-refractivity contribution in [1.82, 2.24) is 0 Å². The lowest BCUT2D eigenvalue weighted by Gasteiger charge is -2.09. The van der Waals surface area contributed by atoms with E-state index in [0.717, 1.165) is 23.1 Å². The predicted molar refractivity (Wildman–Crippen MR) is 89.7 cm³/mol. The normalized spacial score (nSPS) is 10.6. The van der Waals surface area contributed by atoms with Gasteiger partial charge in [-0.3, -0.25) is 0 Å². The van der Waals surface area contributed by atoms with Gasteiger partial charge in [0.25, 0.3) is 0 Å². The molecular formula is C18H21BrO2. The zero-order valence-corrected chi connectivity index (χ0v) is 13.9. The highest BCUT2D eigenvalue weighted by atomic mass is 79.9. The van der Waals surface area contributed by atoms with Gasteiger partial charge >= 0.3 is 0 Å². The van der Waals surface area contributed by atoms with Gasteiger partial charge in [0.2, 0.25) is 0 Å². The van der Waals surface area contributed by atoms with E-state index in [1.54, 1.807) is 0 Å². The molecule has 2 aromatic carbocycles. The third-order valence-corrected chi connectivity index (χ3v) is 3.80. The Kier molecular flexibility index (Phi) is 6.77. The SMILES string of the molecule is CCc1ccccc1COCCCOc1ccc(Br)cc1. The first kappa shape index (κ1) is 16.1. The second-order valence-corrected chi connectivity index (χ2v) is 5.75. The van der Waals surface area contributed by atoms with Crippen molar-refractivity contribution in [3.05, 3.63) is 64.1 Å². The second-order valence-electron chi connectivity index (χ2n) is 4.83. The fraction of sp³-hybridized carbons (Fsp3) is 0.333. The minimum atomic E-state index is 0.678. The minimum absolute atomic E-state index is 0.678. The summed E-state index contributed by atoms with van der Waals surface area (Å²) < 4.78 is 12.5. The van der Waals surface area contributed by atoms with Gasteiger partial charge in [0.1, 0.15) is 5.75 Å². The number of aryl methyl sites for hydroxylation is 1. The number of benzene rings is 2. The predicted octanol–water partition coefficient (Wildman–Crippen LogP) is 5.00. The van der Waals surface area contributed by atoms with Crippen molar-refractivity contribution >= 4 is 15.9 Å². The Labute approximate surface area is 135 Å². The summed E-state index contributed by atoms with van der Waals surface area (Å²) in [5.74, 6) is 0.898. The van der Waals surface area contributed by atoms with Crippen molar-refractivity contribution in [2.24, 2.45) is 0 Å². The van der Waals surface area contributed by atoms with E-state index in [-0.39, 0.29) is 0 Å². The fourth-order valence-electron chi connectivity index (χ4n) is 2.11. The lowest BCUT2D eigenvalue weighted by atomic mass is 10.1. The standard InChI is InChI=1S/C18H21BrO2/c1-2-15-6-3-4-7-16(15)14-20-12-5-13-21-18-10-8-17(19)9-11-18/h3-4,6-11H,2,5,12-14H2,1H3. The first-order valence-corrected chi connectivity index (χ1v) is 8.12. The van der Waals surface area contributed by atoms with E-state index < -0.39 is 0 Å². The number of ether oxygens (including phenoxy) is 2. The van der Waals surface area contributed by atoms with Gasteiger partial charge in [0, 0.05) is 10.9 Å². The highest BCUT2D eigenvalue weighted by molar-refractivity contribution is 9.10. The summed E-state index contributed by atoms with van der Waals surface area (Å²) in [6, 6.07) is 16.3. The molecule has 3 heteroatoms. The zero-order chi connectivity index (χ0) is 14.9. The molecule has 2 aromatic rings. The van der Waals surface area contributed by atoms with E-state index in [2.05, 4.69) is 47.1 Å². The minimum Gasteiger partial charge on any atom is -0.494 e. The molecule has 0 unspecified atom stereocenters. The molecule has 21 heavy (non-hydrogen) atoms. The number of rotatable bonds is 8. The molecule has 0 aliphatic carbocycles. The topological polar surface area (TPSA) is 18.5 Å². The zero-order valence-electron chi connectivity index (χ0n) is 12.3. The van der Waals surface area contributed by atoms with Gasteiger partial charge in [-0.2, -0.15) is 0 Å². The fourth-order valence-corrected chi connectivity index (χ4v) is 2.37. The van der Waals surface area contributed by atoms with Crippen LogP contribution in [0.5, 0.6) is 5.75 Å². The van der Waals surface area contributed by atoms with Crippen LogP contribution in [0.3, 0.4) is 0 Å². The number of halogens is 1. The largest absolute Gasteiger partial charge is 0.494 e. The molecule has 0 amide bonds. The van der Waals surface area contributed by atoms with Crippen LogP contribution in [-0.2, 0) is 17.8 Å². The van der Waals surface area contributed by atoms with Crippen LogP contribution in [0.1, 0.15) is 24.5 Å². The van der Waals surface area contributed by atoms with Crippen molar-refractivity contribution in [2.75, 3.05) is 13.2 Å². The Hall–Kier alpha value is -1.32. The van der Waals surface area contributed by atoms with E-state index in [9.17, 15) is 0 Å². The summed E-state index contributed by atoms with van der Waals surface area (Å²) in [6.45, 7) is 4.25. The summed E-state index contributed by atoms with van der Waals surface area (Å²) in [6.07, 6.45) is 1.94. The maximum atomic E-state index is 5.73. The van der Waals surface area contributed by atoms with Crippen LogP contribution in [0.15, 0.2) is 53.0 Å². The molecule has 0 aliphatic heterocycles. The van der Waals surface area contributed by atoms with Crippen LogP contribution in [0, 0.1) is 0 Å². The van der Waals surface area contributed by atoms with Crippen molar-refractivity contribution in [2.45, 2.75) is 26.4 Å². The average Bonchev–Trinajstić information content (AvgIpc) is 2.53. The van der Waals surface area contributed by atoms with E-state index in [1.807, 2.05) is 24.3 Å². The number of hydrogen-bond donors (Lipinski definition) is 0. The molecule has 0 fully saturated rings. The highest BCUT2D eigenvalue weighted by Gasteiger charge is 2.00. The van der Waals surface area contributed by atoms with E-state index in [4.69, 9.17) is 9.47 Å². The molecule has 0 saturated carbocycles. The van der Waals surface area contributed by atoms with Crippen molar-refractivity contribution in [3.63, 3.8) is 0 Å². The first-order chi connectivity index (χ1) is 10.3. The van der Waals surface area contributed by atoms with Crippen LogP contribution >= 0.6 is 15.9 Å². The molecule has 0 radical (unpaired) electrons. The van der Waals surface area contributed by atoms with Gasteiger partial charge in [0.05, 0.1) is 19.8 Å². The summed E-state index contributed by atoms with van der Waals surface area (Å²) in [7, 11) is 0. The lowest BCUT2D eigenvalue weighted by Crippen LogP contribution is -2.04. The van der Waals surface area contributed by atoms with Crippen molar-refractivity contribution in [3.8, 4) is 5.75 Å². The molecule has 0 bridgehead atoms. The summed E-state index contributed by atoms with van der Waals surface area (Å²) in [4.78, 5) is 0. The molecular weight excluding hydrogens is 328 g/mol. The van der Waals surface area contributed by atoms with Gasteiger partial charge in [-0.15, -0.1) is 0 Å². The third-order valence-electron chi connectivity index (χ3n) is 3.27. The Morgan fingerprint density at radius 3 is 2.33 bits per heavy atom. The average molecular weight is 349 g/mol. The van der Waals surface area contributed by atoms with Crippen LogP contribution in [0.4, 0.5) is 0 Å². The van der Waals surface area contributed by atoms with E-state index >= 15 is 0 Å². The van der Waals surface area contributed by atoms with Crippen LogP contribution < -0.4 is 4.74 Å². The van der Waals surface area contributed by atoms with E-state index in [0.29, 0.717) is 19.8 Å².